The van der Waals surface area contributed by atoms with Crippen LogP contribution in [0.5, 0.6) is 5.88 Å². The van der Waals surface area contributed by atoms with Crippen molar-refractivity contribution in [2.75, 3.05) is 7.11 Å². The Hall–Kier alpha value is -0.850. The van der Waals surface area contributed by atoms with E-state index in [1.807, 2.05) is 20.8 Å². The molecule has 1 aromatic heterocycles. The summed E-state index contributed by atoms with van der Waals surface area (Å²) in [5.74, 6) is -0.108. The van der Waals surface area contributed by atoms with Crippen LogP contribution in [0, 0.1) is 5.82 Å². The first-order valence-electron chi connectivity index (χ1n) is 5.63. The Morgan fingerprint density at radius 2 is 2.11 bits per heavy atom. The Labute approximate surface area is 110 Å². The van der Waals surface area contributed by atoms with Gasteiger partial charge in [-0.1, -0.05) is 0 Å². The monoisotopic (exact) mass is 274 g/mol. The molecule has 4 nitrogen and oxygen atoms in total. The molecule has 0 saturated carbocycles. The van der Waals surface area contributed by atoms with Crippen molar-refractivity contribution >= 4 is 11.4 Å². The second-order valence-electron chi connectivity index (χ2n) is 4.97. The van der Waals surface area contributed by atoms with E-state index < -0.39 is 17.2 Å². The Bertz CT molecular complexity index is 410. The number of halogens is 1. The lowest BCUT2D eigenvalue weighted by molar-refractivity contribution is 0.385. The summed E-state index contributed by atoms with van der Waals surface area (Å²) in [6, 6.07) is 1.02. The highest BCUT2D eigenvalue weighted by Gasteiger charge is 2.29. The molecule has 0 spiro atoms. The minimum Gasteiger partial charge on any atom is -0.598 e. The molecule has 6 heteroatoms. The fourth-order valence-corrected chi connectivity index (χ4v) is 2.13. The second-order valence-corrected chi connectivity index (χ2v) is 6.97. The highest BCUT2D eigenvalue weighted by atomic mass is 32.2. The van der Waals surface area contributed by atoms with Gasteiger partial charge in [0, 0.05) is 16.9 Å². The van der Waals surface area contributed by atoms with Crippen molar-refractivity contribution < 1.29 is 13.7 Å². The maximum Gasteiger partial charge on any atom is 0.218 e. The van der Waals surface area contributed by atoms with Crippen LogP contribution < -0.4 is 9.46 Å². The summed E-state index contributed by atoms with van der Waals surface area (Å²) in [4.78, 5) is 3.85. The van der Waals surface area contributed by atoms with E-state index >= 15 is 0 Å². The van der Waals surface area contributed by atoms with Crippen LogP contribution in [0.1, 0.15) is 39.3 Å². The molecule has 0 aromatic carbocycles. The van der Waals surface area contributed by atoms with Crippen molar-refractivity contribution in [1.82, 2.24) is 9.71 Å². The fourth-order valence-electron chi connectivity index (χ4n) is 1.32. The maximum absolute atomic E-state index is 13.2. The van der Waals surface area contributed by atoms with Crippen molar-refractivity contribution in [3.05, 3.63) is 23.6 Å². The summed E-state index contributed by atoms with van der Waals surface area (Å²) in [7, 11) is 1.47. The lowest BCUT2D eigenvalue weighted by Crippen LogP contribution is -2.40. The Balaban J connectivity index is 2.90. The van der Waals surface area contributed by atoms with Gasteiger partial charge in [0.2, 0.25) is 5.88 Å². The van der Waals surface area contributed by atoms with Gasteiger partial charge in [-0.25, -0.2) is 9.37 Å². The lowest BCUT2D eigenvalue weighted by atomic mass is 10.1. The second kappa shape index (κ2) is 5.86. The van der Waals surface area contributed by atoms with Gasteiger partial charge in [0.25, 0.3) is 0 Å². The van der Waals surface area contributed by atoms with Crippen molar-refractivity contribution in [2.45, 2.75) is 38.5 Å². The number of ether oxygens (including phenoxy) is 1. The van der Waals surface area contributed by atoms with E-state index in [9.17, 15) is 8.94 Å². The van der Waals surface area contributed by atoms with Gasteiger partial charge < -0.3 is 9.29 Å². The van der Waals surface area contributed by atoms with Gasteiger partial charge in [0.15, 0.2) is 0 Å². The van der Waals surface area contributed by atoms with Crippen molar-refractivity contribution in [3.8, 4) is 5.88 Å². The zero-order valence-electron chi connectivity index (χ0n) is 11.3. The Morgan fingerprint density at radius 1 is 1.50 bits per heavy atom. The average Bonchev–Trinajstić information content (AvgIpc) is 2.27. The van der Waals surface area contributed by atoms with Gasteiger partial charge in [-0.05, 0) is 33.8 Å². The van der Waals surface area contributed by atoms with E-state index in [2.05, 4.69) is 9.71 Å². The van der Waals surface area contributed by atoms with E-state index in [0.29, 0.717) is 11.4 Å². The molecule has 0 aliphatic carbocycles. The third-order valence-electron chi connectivity index (χ3n) is 2.35. The standard InChI is InChI=1S/C12H19FN2O2S/c1-8(15-18(16)12(2,3)4)10-6-9(13)7-14-11(10)17-5/h6-8,15H,1-5H3/t8-,18-/m1/s1. The third kappa shape index (κ3) is 3.83. The van der Waals surface area contributed by atoms with Gasteiger partial charge in [0.1, 0.15) is 10.6 Å². The smallest absolute Gasteiger partial charge is 0.218 e. The maximum atomic E-state index is 13.2. The van der Waals surface area contributed by atoms with Gasteiger partial charge >= 0.3 is 0 Å². The highest BCUT2D eigenvalue weighted by Crippen LogP contribution is 2.25. The number of hydrogen-bond donors (Lipinski definition) is 1. The van der Waals surface area contributed by atoms with Crippen molar-refractivity contribution in [1.29, 1.82) is 0 Å². The molecule has 0 radical (unpaired) electrons. The molecule has 0 aliphatic rings. The predicted octanol–water partition coefficient (Wildman–Crippen LogP) is 2.34. The number of nitrogens with zero attached hydrogens (tertiary/aromatic N) is 1. The SMILES string of the molecule is COc1ncc(F)cc1[C@@H](C)N[S@+]([O-])C(C)(C)C. The van der Waals surface area contributed by atoms with Gasteiger partial charge in [0.05, 0.1) is 19.3 Å². The van der Waals surface area contributed by atoms with Crippen LogP contribution in [0.15, 0.2) is 12.3 Å². The lowest BCUT2D eigenvalue weighted by Gasteiger charge is -2.26. The molecule has 0 aliphatic heterocycles. The van der Waals surface area contributed by atoms with E-state index in [4.69, 9.17) is 4.74 Å². The molecule has 0 unspecified atom stereocenters. The zero-order chi connectivity index (χ0) is 13.9. The molecule has 2 atom stereocenters. The Kier molecular flexibility index (Phi) is 4.95. The van der Waals surface area contributed by atoms with Crippen LogP contribution in [0.25, 0.3) is 0 Å². The summed E-state index contributed by atoms with van der Waals surface area (Å²) in [5.41, 5.74) is 0.551. The normalized spacial score (nSPS) is 15.3. The predicted molar refractivity (Wildman–Crippen MR) is 70.2 cm³/mol. The molecule has 18 heavy (non-hydrogen) atoms. The number of rotatable bonds is 4. The van der Waals surface area contributed by atoms with E-state index in [-0.39, 0.29) is 10.8 Å². The fraction of sp³-hybridized carbons (Fsp3) is 0.583. The van der Waals surface area contributed by atoms with Crippen LogP contribution in [-0.4, -0.2) is 21.4 Å². The molecule has 1 N–H and O–H groups in total. The summed E-state index contributed by atoms with van der Waals surface area (Å²) in [6.45, 7) is 7.39. The highest BCUT2D eigenvalue weighted by molar-refractivity contribution is 7.90. The molecular weight excluding hydrogens is 255 g/mol. The molecule has 1 rings (SSSR count). The van der Waals surface area contributed by atoms with Crippen LogP contribution in [-0.2, 0) is 11.4 Å². The number of aromatic nitrogens is 1. The first-order valence-corrected chi connectivity index (χ1v) is 6.78. The molecule has 0 amide bonds. The van der Waals surface area contributed by atoms with Gasteiger partial charge in [-0.3, -0.25) is 0 Å². The van der Waals surface area contributed by atoms with E-state index in [1.54, 1.807) is 6.92 Å². The molecule has 0 bridgehead atoms. The number of pyridine rings is 1. The first-order chi connectivity index (χ1) is 8.25. The largest absolute Gasteiger partial charge is 0.598 e. The van der Waals surface area contributed by atoms with Crippen LogP contribution in [0.4, 0.5) is 4.39 Å². The number of methoxy groups -OCH3 is 1. The van der Waals surface area contributed by atoms with Crippen LogP contribution in [0.2, 0.25) is 0 Å². The van der Waals surface area contributed by atoms with Crippen LogP contribution >= 0.6 is 0 Å². The summed E-state index contributed by atoms with van der Waals surface area (Å²) in [5, 5.41) is 0. The minimum atomic E-state index is -1.24. The molecule has 0 fully saturated rings. The number of hydrogen-bond acceptors (Lipinski definition) is 4. The summed E-state index contributed by atoms with van der Waals surface area (Å²) in [6.07, 6.45) is 1.09. The zero-order valence-corrected chi connectivity index (χ0v) is 12.1. The Morgan fingerprint density at radius 3 is 2.61 bits per heavy atom. The molecule has 102 valence electrons. The van der Waals surface area contributed by atoms with E-state index in [0.717, 1.165) is 6.20 Å². The quantitative estimate of drug-likeness (QED) is 0.856. The van der Waals surface area contributed by atoms with E-state index in [1.165, 1.54) is 13.2 Å². The molecule has 1 heterocycles. The molecular formula is C12H19FN2O2S. The molecule has 0 saturated heterocycles. The average molecular weight is 274 g/mol. The van der Waals surface area contributed by atoms with Gasteiger partial charge in [-0.2, -0.15) is 0 Å². The van der Waals surface area contributed by atoms with Gasteiger partial charge in [-0.15, -0.1) is 4.72 Å². The summed E-state index contributed by atoms with van der Waals surface area (Å²) >= 11 is -1.24. The topological polar surface area (TPSA) is 57.2 Å². The summed E-state index contributed by atoms with van der Waals surface area (Å²) < 4.78 is 32.8. The molecule has 1 aromatic rings. The number of nitrogens with one attached hydrogen (secondary N) is 1. The first kappa shape index (κ1) is 15.2. The third-order valence-corrected chi connectivity index (χ3v) is 4.03. The van der Waals surface area contributed by atoms with Crippen molar-refractivity contribution in [3.63, 3.8) is 0 Å². The minimum absolute atomic E-state index is 0.316. The van der Waals surface area contributed by atoms with Crippen LogP contribution in [0.3, 0.4) is 0 Å². The van der Waals surface area contributed by atoms with Crippen molar-refractivity contribution in [2.24, 2.45) is 0 Å².